The molecule has 0 aliphatic rings. The predicted molar refractivity (Wildman–Crippen MR) is 116 cm³/mol. The molecule has 1 N–H and O–H groups in total. The molecule has 0 aliphatic carbocycles. The Balaban J connectivity index is 2.02. The van der Waals surface area contributed by atoms with Gasteiger partial charge in [0.05, 0.1) is 31.2 Å². The van der Waals surface area contributed by atoms with Crippen molar-refractivity contribution in [2.45, 2.75) is 6.92 Å². The Kier molecular flexibility index (Phi) is 5.78. The molecule has 8 heteroatoms. The maximum atomic E-state index is 13.0. The lowest BCUT2D eigenvalue weighted by atomic mass is 10.2. The number of hydrogen-bond acceptors (Lipinski definition) is 4. The summed E-state index contributed by atoms with van der Waals surface area (Å²) in [6.45, 7) is 1.79. The monoisotopic (exact) mass is 493 g/mol. The molecule has 0 bridgehead atoms. The first-order valence-corrected chi connectivity index (χ1v) is 9.53. The fourth-order valence-corrected chi connectivity index (χ4v) is 3.60. The van der Waals surface area contributed by atoms with Crippen LogP contribution >= 0.6 is 22.6 Å². The molecule has 0 unspecified atom stereocenters. The molecule has 0 spiro atoms. The third kappa shape index (κ3) is 3.51. The maximum absolute atomic E-state index is 13.0. The van der Waals surface area contributed by atoms with Crippen molar-refractivity contribution in [1.82, 2.24) is 9.36 Å². The van der Waals surface area contributed by atoms with Crippen LogP contribution in [0.15, 0.2) is 47.3 Å². The van der Waals surface area contributed by atoms with Crippen molar-refractivity contribution in [3.05, 3.63) is 67.6 Å². The number of methoxy groups -OCH3 is 2. The van der Waals surface area contributed by atoms with Crippen molar-refractivity contribution in [2.75, 3.05) is 19.5 Å². The topological polar surface area (TPSA) is 74.5 Å². The van der Waals surface area contributed by atoms with Gasteiger partial charge in [-0.1, -0.05) is 18.2 Å². The molecular weight excluding hydrogens is 473 g/mol. The van der Waals surface area contributed by atoms with Gasteiger partial charge < -0.3 is 14.8 Å². The normalized spacial score (nSPS) is 10.6. The molecule has 1 aromatic heterocycles. The zero-order chi connectivity index (χ0) is 20.4. The number of amides is 1. The van der Waals surface area contributed by atoms with E-state index in [9.17, 15) is 9.59 Å². The lowest BCUT2D eigenvalue weighted by Crippen LogP contribution is -2.23. The van der Waals surface area contributed by atoms with E-state index in [1.807, 2.05) is 30.3 Å². The van der Waals surface area contributed by atoms with Crippen LogP contribution in [0.2, 0.25) is 0 Å². The van der Waals surface area contributed by atoms with Gasteiger partial charge in [-0.05, 0) is 53.8 Å². The number of nitrogens with one attached hydrogen (secondary N) is 1. The van der Waals surface area contributed by atoms with E-state index in [0.717, 1.165) is 5.69 Å². The van der Waals surface area contributed by atoms with Gasteiger partial charge in [-0.25, -0.2) is 4.68 Å². The van der Waals surface area contributed by atoms with E-state index < -0.39 is 5.91 Å². The molecule has 1 heterocycles. The number of halogens is 1. The molecule has 1 amide bonds. The van der Waals surface area contributed by atoms with Gasteiger partial charge in [-0.2, -0.15) is 0 Å². The second-order valence-corrected chi connectivity index (χ2v) is 7.24. The molecule has 3 rings (SSSR count). The minimum atomic E-state index is -0.392. The first kappa shape index (κ1) is 20.0. The van der Waals surface area contributed by atoms with E-state index in [1.165, 1.54) is 18.9 Å². The molecule has 3 aromatic rings. The first-order chi connectivity index (χ1) is 13.4. The van der Waals surface area contributed by atoms with Crippen LogP contribution in [0, 0.1) is 10.5 Å². The Labute approximate surface area is 176 Å². The molecule has 0 saturated carbocycles. The average molecular weight is 493 g/mol. The molecule has 0 atom stereocenters. The fraction of sp³-hybridized carbons (Fsp3) is 0.200. The lowest BCUT2D eigenvalue weighted by Gasteiger charge is -2.11. The number of hydrogen-bond donors (Lipinski definition) is 1. The summed E-state index contributed by atoms with van der Waals surface area (Å²) in [7, 11) is 4.82. The third-order valence-corrected chi connectivity index (χ3v) is 5.40. The SMILES string of the molecule is COc1cc(I)c(C(=O)Nc2c(C)n(C)n(-c3ccccc3)c2=O)cc1OC. The molecule has 7 nitrogen and oxygen atoms in total. The van der Waals surface area contributed by atoms with Crippen LogP contribution in [0.3, 0.4) is 0 Å². The number of ether oxygens (including phenoxy) is 2. The average Bonchev–Trinajstić information content (AvgIpc) is 2.91. The second-order valence-electron chi connectivity index (χ2n) is 6.08. The number of para-hydroxylation sites is 1. The van der Waals surface area contributed by atoms with Crippen LogP contribution in [0.4, 0.5) is 5.69 Å². The Morgan fingerprint density at radius 1 is 1.07 bits per heavy atom. The van der Waals surface area contributed by atoms with Crippen LogP contribution in [0.25, 0.3) is 5.69 Å². The van der Waals surface area contributed by atoms with Crippen LogP contribution in [-0.4, -0.2) is 29.5 Å². The molecule has 0 radical (unpaired) electrons. The van der Waals surface area contributed by atoms with Crippen molar-refractivity contribution >= 4 is 34.2 Å². The number of carbonyl (C=O) groups is 1. The van der Waals surface area contributed by atoms with Gasteiger partial charge in [0, 0.05) is 10.6 Å². The van der Waals surface area contributed by atoms with Crippen molar-refractivity contribution in [3.8, 4) is 17.2 Å². The van der Waals surface area contributed by atoms with Gasteiger partial charge in [-0.15, -0.1) is 0 Å². The van der Waals surface area contributed by atoms with E-state index in [2.05, 4.69) is 27.9 Å². The summed E-state index contributed by atoms with van der Waals surface area (Å²) < 4.78 is 14.5. The highest BCUT2D eigenvalue weighted by Crippen LogP contribution is 2.31. The smallest absolute Gasteiger partial charge is 0.295 e. The standard InChI is InChI=1S/C20H20IN3O4/c1-12-18(20(26)24(23(12)2)13-8-6-5-7-9-13)22-19(25)14-10-16(27-3)17(28-4)11-15(14)21/h5-11H,1-4H3,(H,22,25). The summed E-state index contributed by atoms with van der Waals surface area (Å²) in [4.78, 5) is 25.9. The van der Waals surface area contributed by atoms with Crippen LogP contribution in [0.1, 0.15) is 16.1 Å². The molecular formula is C20H20IN3O4. The van der Waals surface area contributed by atoms with E-state index >= 15 is 0 Å². The number of benzene rings is 2. The van der Waals surface area contributed by atoms with E-state index in [1.54, 1.807) is 30.8 Å². The summed E-state index contributed by atoms with van der Waals surface area (Å²) in [5.41, 5.74) is 1.71. The molecule has 0 saturated heterocycles. The highest BCUT2D eigenvalue weighted by atomic mass is 127. The van der Waals surface area contributed by atoms with Crippen LogP contribution in [0.5, 0.6) is 11.5 Å². The summed E-state index contributed by atoms with van der Waals surface area (Å²) in [5, 5.41) is 2.76. The number of nitrogens with zero attached hydrogens (tertiary/aromatic N) is 2. The Morgan fingerprint density at radius 2 is 1.68 bits per heavy atom. The third-order valence-electron chi connectivity index (χ3n) is 4.51. The van der Waals surface area contributed by atoms with E-state index in [0.29, 0.717) is 26.3 Å². The van der Waals surface area contributed by atoms with Crippen molar-refractivity contribution in [2.24, 2.45) is 7.05 Å². The maximum Gasteiger partial charge on any atom is 0.295 e. The van der Waals surface area contributed by atoms with E-state index in [-0.39, 0.29) is 11.2 Å². The molecule has 0 fully saturated rings. The van der Waals surface area contributed by atoms with Crippen LogP contribution in [-0.2, 0) is 7.05 Å². The second kappa shape index (κ2) is 8.09. The first-order valence-electron chi connectivity index (χ1n) is 8.46. The highest BCUT2D eigenvalue weighted by molar-refractivity contribution is 14.1. The highest BCUT2D eigenvalue weighted by Gasteiger charge is 2.21. The molecule has 2 aromatic carbocycles. The number of aromatic nitrogens is 2. The molecule has 146 valence electrons. The molecule has 0 aliphatic heterocycles. The van der Waals surface area contributed by atoms with Gasteiger partial charge in [0.25, 0.3) is 11.5 Å². The fourth-order valence-electron chi connectivity index (χ4n) is 2.92. The minimum absolute atomic E-state index is 0.238. The van der Waals surface area contributed by atoms with Gasteiger partial charge >= 0.3 is 0 Å². The quantitative estimate of drug-likeness (QED) is 0.554. The summed E-state index contributed by atoms with van der Waals surface area (Å²) in [5.74, 6) is 0.585. The van der Waals surface area contributed by atoms with Crippen molar-refractivity contribution in [3.63, 3.8) is 0 Å². The van der Waals surface area contributed by atoms with Crippen molar-refractivity contribution in [1.29, 1.82) is 0 Å². The zero-order valence-corrected chi connectivity index (χ0v) is 18.1. The lowest BCUT2D eigenvalue weighted by molar-refractivity contribution is 0.102. The Bertz CT molecular complexity index is 1090. The summed E-state index contributed by atoms with van der Waals surface area (Å²) in [6, 6.07) is 12.6. The number of anilines is 1. The molecule has 28 heavy (non-hydrogen) atoms. The van der Waals surface area contributed by atoms with E-state index in [4.69, 9.17) is 9.47 Å². The zero-order valence-electron chi connectivity index (χ0n) is 15.9. The number of rotatable bonds is 5. The van der Waals surface area contributed by atoms with Gasteiger partial charge in [0.15, 0.2) is 11.5 Å². The minimum Gasteiger partial charge on any atom is -0.493 e. The van der Waals surface area contributed by atoms with Crippen molar-refractivity contribution < 1.29 is 14.3 Å². The van der Waals surface area contributed by atoms with Gasteiger partial charge in [-0.3, -0.25) is 14.3 Å². The Hall–Kier alpha value is -2.75. The van der Waals surface area contributed by atoms with Crippen LogP contribution < -0.4 is 20.3 Å². The summed E-state index contributed by atoms with van der Waals surface area (Å²) >= 11 is 2.05. The predicted octanol–water partition coefficient (Wildman–Crippen LogP) is 3.36. The number of carbonyl (C=O) groups excluding carboxylic acids is 1. The Morgan fingerprint density at radius 3 is 2.29 bits per heavy atom. The summed E-state index contributed by atoms with van der Waals surface area (Å²) in [6.07, 6.45) is 0. The largest absolute Gasteiger partial charge is 0.493 e. The van der Waals surface area contributed by atoms with Gasteiger partial charge in [0.1, 0.15) is 5.69 Å². The van der Waals surface area contributed by atoms with Gasteiger partial charge in [0.2, 0.25) is 0 Å².